The van der Waals surface area contributed by atoms with Gasteiger partial charge >= 0.3 is 0 Å². The van der Waals surface area contributed by atoms with E-state index in [1.165, 1.54) is 27.5 Å². The molecule has 0 aromatic heterocycles. The smallest absolute Gasteiger partial charge is 0.161 e. The molecule has 5 rings (SSSR count). The van der Waals surface area contributed by atoms with Gasteiger partial charge in [-0.05, 0) is 62.9 Å². The summed E-state index contributed by atoms with van der Waals surface area (Å²) in [6.45, 7) is 0. The van der Waals surface area contributed by atoms with Crippen LogP contribution in [0.1, 0.15) is 22.6 Å². The van der Waals surface area contributed by atoms with Gasteiger partial charge in [-0.1, -0.05) is 48.5 Å². The first-order valence-electron chi connectivity index (χ1n) is 9.28. The summed E-state index contributed by atoms with van der Waals surface area (Å²) < 4.78 is 11.1. The molecular weight excluding hydrogens is 348 g/mol. The maximum atomic E-state index is 9.78. The van der Waals surface area contributed by atoms with Crippen LogP contribution in [0.5, 0.6) is 17.2 Å². The summed E-state index contributed by atoms with van der Waals surface area (Å²) in [6.07, 6.45) is 0. The summed E-state index contributed by atoms with van der Waals surface area (Å²) in [5, 5.41) is 12.2. The number of fused-ring (bicyclic) bond motifs is 5. The molecule has 0 heterocycles. The second kappa shape index (κ2) is 6.31. The van der Waals surface area contributed by atoms with Gasteiger partial charge in [0.25, 0.3) is 0 Å². The standard InChI is InChI=1S/C25H20O3/c1-27-22-13-20-19-12-9-15-5-3-4-6-18(15)25(19)24(21(20)14-23(22)28-2)16-7-10-17(26)11-8-16/h3-14,24,26H,1-2H3. The molecule has 1 atom stereocenters. The van der Waals surface area contributed by atoms with Crippen LogP contribution in [-0.2, 0) is 0 Å². The minimum absolute atomic E-state index is 0.0662. The van der Waals surface area contributed by atoms with Crippen molar-refractivity contribution in [3.8, 4) is 28.4 Å². The highest BCUT2D eigenvalue weighted by atomic mass is 16.5. The summed E-state index contributed by atoms with van der Waals surface area (Å²) in [7, 11) is 3.33. The van der Waals surface area contributed by atoms with E-state index < -0.39 is 0 Å². The van der Waals surface area contributed by atoms with Crippen molar-refractivity contribution in [1.29, 1.82) is 0 Å². The van der Waals surface area contributed by atoms with Crippen molar-refractivity contribution in [3.63, 3.8) is 0 Å². The molecule has 0 saturated heterocycles. The molecule has 0 saturated carbocycles. The Balaban J connectivity index is 1.86. The summed E-state index contributed by atoms with van der Waals surface area (Å²) in [5.74, 6) is 1.79. The van der Waals surface area contributed by atoms with E-state index in [1.807, 2.05) is 12.1 Å². The van der Waals surface area contributed by atoms with E-state index in [0.717, 1.165) is 22.6 Å². The lowest BCUT2D eigenvalue weighted by Gasteiger charge is -2.17. The van der Waals surface area contributed by atoms with Crippen molar-refractivity contribution in [2.24, 2.45) is 0 Å². The summed E-state index contributed by atoms with van der Waals surface area (Å²) in [4.78, 5) is 0. The second-order valence-electron chi connectivity index (χ2n) is 7.07. The number of phenolic OH excluding ortho intramolecular Hbond substituents is 1. The van der Waals surface area contributed by atoms with Crippen LogP contribution in [0.25, 0.3) is 21.9 Å². The lowest BCUT2D eigenvalue weighted by molar-refractivity contribution is 0.355. The molecule has 0 amide bonds. The van der Waals surface area contributed by atoms with Crippen molar-refractivity contribution >= 4 is 10.8 Å². The van der Waals surface area contributed by atoms with Gasteiger partial charge in [-0.25, -0.2) is 0 Å². The largest absolute Gasteiger partial charge is 0.508 e. The minimum Gasteiger partial charge on any atom is -0.508 e. The fourth-order valence-electron chi connectivity index (χ4n) is 4.38. The van der Waals surface area contributed by atoms with E-state index in [2.05, 4.69) is 48.5 Å². The monoisotopic (exact) mass is 368 g/mol. The number of benzene rings is 4. The maximum Gasteiger partial charge on any atom is 0.161 e. The van der Waals surface area contributed by atoms with Crippen LogP contribution in [-0.4, -0.2) is 19.3 Å². The van der Waals surface area contributed by atoms with Crippen LogP contribution < -0.4 is 9.47 Å². The molecule has 0 bridgehead atoms. The molecular formula is C25H20O3. The Morgan fingerprint density at radius 2 is 1.46 bits per heavy atom. The minimum atomic E-state index is 0.0662. The highest BCUT2D eigenvalue weighted by Crippen LogP contribution is 2.53. The van der Waals surface area contributed by atoms with Gasteiger partial charge in [-0.15, -0.1) is 0 Å². The van der Waals surface area contributed by atoms with Crippen LogP contribution in [0.3, 0.4) is 0 Å². The van der Waals surface area contributed by atoms with Gasteiger partial charge in [0.05, 0.1) is 14.2 Å². The molecule has 4 aromatic carbocycles. The van der Waals surface area contributed by atoms with Gasteiger partial charge < -0.3 is 14.6 Å². The SMILES string of the molecule is COc1cc2c(cc1OC)C(c1ccc(O)cc1)c1c-2ccc2ccccc12. The van der Waals surface area contributed by atoms with Crippen LogP contribution in [0, 0.1) is 0 Å². The fraction of sp³-hybridized carbons (Fsp3) is 0.120. The molecule has 1 unspecified atom stereocenters. The Hall–Kier alpha value is -3.46. The van der Waals surface area contributed by atoms with E-state index in [4.69, 9.17) is 9.47 Å². The molecule has 0 radical (unpaired) electrons. The van der Waals surface area contributed by atoms with Gasteiger partial charge in [-0.3, -0.25) is 0 Å². The van der Waals surface area contributed by atoms with Crippen molar-refractivity contribution in [3.05, 3.63) is 89.5 Å². The lowest BCUT2D eigenvalue weighted by atomic mass is 9.86. The van der Waals surface area contributed by atoms with Gasteiger partial charge in [0.1, 0.15) is 5.75 Å². The Morgan fingerprint density at radius 1 is 0.750 bits per heavy atom. The highest BCUT2D eigenvalue weighted by Gasteiger charge is 2.33. The summed E-state index contributed by atoms with van der Waals surface area (Å²) >= 11 is 0. The van der Waals surface area contributed by atoms with Gasteiger partial charge in [0.15, 0.2) is 11.5 Å². The molecule has 3 heteroatoms. The molecule has 0 fully saturated rings. The molecule has 0 aliphatic heterocycles. The Morgan fingerprint density at radius 3 is 2.21 bits per heavy atom. The predicted octanol–water partition coefficient (Wildman–Crippen LogP) is 5.72. The second-order valence-corrected chi connectivity index (χ2v) is 7.07. The summed E-state index contributed by atoms with van der Waals surface area (Å²) in [6, 6.07) is 24.5. The number of hydrogen-bond donors (Lipinski definition) is 1. The van der Waals surface area contributed by atoms with E-state index >= 15 is 0 Å². The molecule has 1 N–H and O–H groups in total. The average molecular weight is 368 g/mol. The quantitative estimate of drug-likeness (QED) is 0.442. The first kappa shape index (κ1) is 16.7. The number of phenols is 1. The number of methoxy groups -OCH3 is 2. The predicted molar refractivity (Wildman–Crippen MR) is 112 cm³/mol. The van der Waals surface area contributed by atoms with Crippen LogP contribution in [0.2, 0.25) is 0 Å². The van der Waals surface area contributed by atoms with Crippen LogP contribution in [0.4, 0.5) is 0 Å². The van der Waals surface area contributed by atoms with Gasteiger partial charge in [0, 0.05) is 5.92 Å². The zero-order valence-electron chi connectivity index (χ0n) is 15.8. The normalized spacial score (nSPS) is 14.6. The molecule has 4 aromatic rings. The van der Waals surface area contributed by atoms with Crippen molar-refractivity contribution in [2.75, 3.05) is 14.2 Å². The van der Waals surface area contributed by atoms with Crippen molar-refractivity contribution in [2.45, 2.75) is 5.92 Å². The topological polar surface area (TPSA) is 38.7 Å². The van der Waals surface area contributed by atoms with Gasteiger partial charge in [0.2, 0.25) is 0 Å². The third-order valence-corrected chi connectivity index (χ3v) is 5.64. The Bertz CT molecular complexity index is 1190. The molecule has 3 nitrogen and oxygen atoms in total. The van der Waals surface area contributed by atoms with E-state index in [9.17, 15) is 5.11 Å². The van der Waals surface area contributed by atoms with Gasteiger partial charge in [-0.2, -0.15) is 0 Å². The molecule has 28 heavy (non-hydrogen) atoms. The zero-order chi connectivity index (χ0) is 19.3. The number of aromatic hydroxyl groups is 1. The highest BCUT2D eigenvalue weighted by molar-refractivity contribution is 5.97. The van der Waals surface area contributed by atoms with E-state index in [1.54, 1.807) is 26.4 Å². The van der Waals surface area contributed by atoms with Crippen molar-refractivity contribution in [1.82, 2.24) is 0 Å². The Labute approximate surface area is 163 Å². The lowest BCUT2D eigenvalue weighted by Crippen LogP contribution is -2.01. The first-order chi connectivity index (χ1) is 13.7. The van der Waals surface area contributed by atoms with E-state index in [-0.39, 0.29) is 11.7 Å². The van der Waals surface area contributed by atoms with Crippen LogP contribution >= 0.6 is 0 Å². The van der Waals surface area contributed by atoms with Crippen molar-refractivity contribution < 1.29 is 14.6 Å². The maximum absolute atomic E-state index is 9.78. The molecule has 1 aliphatic rings. The third kappa shape index (κ3) is 2.36. The Kier molecular flexibility index (Phi) is 3.76. The number of ether oxygens (including phenoxy) is 2. The third-order valence-electron chi connectivity index (χ3n) is 5.64. The number of hydrogen-bond acceptors (Lipinski definition) is 3. The molecule has 0 spiro atoms. The summed E-state index contributed by atoms with van der Waals surface area (Å²) in [5.41, 5.74) is 5.99. The zero-order valence-corrected chi connectivity index (χ0v) is 15.8. The van der Waals surface area contributed by atoms with Crippen LogP contribution in [0.15, 0.2) is 72.8 Å². The fourth-order valence-corrected chi connectivity index (χ4v) is 4.38. The first-order valence-corrected chi connectivity index (χ1v) is 9.28. The molecule has 1 aliphatic carbocycles. The molecule has 138 valence electrons. The average Bonchev–Trinajstić information content (AvgIpc) is 3.07. The van der Waals surface area contributed by atoms with E-state index in [0.29, 0.717) is 0 Å². The number of rotatable bonds is 3.